The Labute approximate surface area is 71.4 Å². The lowest BCUT2D eigenvalue weighted by Crippen LogP contribution is -1.96. The van der Waals surface area contributed by atoms with Crippen LogP contribution in [0.25, 0.3) is 10.9 Å². The highest BCUT2D eigenvalue weighted by molar-refractivity contribution is 5.85. The van der Waals surface area contributed by atoms with Crippen molar-refractivity contribution in [3.05, 3.63) is 35.5 Å². The lowest BCUT2D eigenvalue weighted by atomic mass is 10.1. The topological polar surface area (TPSA) is 41.8 Å². The number of hydrogen-bond acceptors (Lipinski definition) is 1. The molecule has 0 aliphatic carbocycles. The van der Waals surface area contributed by atoms with E-state index in [0.29, 0.717) is 6.54 Å². The molecule has 2 heteroatoms. The zero-order valence-corrected chi connectivity index (χ0v) is 7.09. The second-order valence-electron chi connectivity index (χ2n) is 3.01. The molecule has 1 aromatic carbocycles. The van der Waals surface area contributed by atoms with Gasteiger partial charge in [-0.2, -0.15) is 0 Å². The molecule has 3 N–H and O–H groups in total. The molecule has 0 saturated carbocycles. The third-order valence-corrected chi connectivity index (χ3v) is 2.24. The standard InChI is InChI=1S/C10H12N2/c1-7-2-3-8(6-11)9-4-5-12-10(7)9/h2-5,12H,6,11H2,1H3. The number of nitrogens with two attached hydrogens (primary N) is 1. The summed E-state index contributed by atoms with van der Waals surface area (Å²) >= 11 is 0. The first kappa shape index (κ1) is 7.37. The third kappa shape index (κ3) is 0.924. The van der Waals surface area contributed by atoms with Crippen LogP contribution in [0.3, 0.4) is 0 Å². The monoisotopic (exact) mass is 160 g/mol. The van der Waals surface area contributed by atoms with Gasteiger partial charge in [-0.1, -0.05) is 12.1 Å². The predicted molar refractivity (Wildman–Crippen MR) is 50.9 cm³/mol. The number of rotatable bonds is 1. The zero-order valence-electron chi connectivity index (χ0n) is 7.09. The Hall–Kier alpha value is -1.28. The Morgan fingerprint density at radius 1 is 1.33 bits per heavy atom. The van der Waals surface area contributed by atoms with Gasteiger partial charge in [0.25, 0.3) is 0 Å². The molecule has 2 nitrogen and oxygen atoms in total. The molecule has 0 unspecified atom stereocenters. The molecule has 0 spiro atoms. The summed E-state index contributed by atoms with van der Waals surface area (Å²) < 4.78 is 0. The number of aryl methyl sites for hydroxylation is 1. The lowest BCUT2D eigenvalue weighted by Gasteiger charge is -2.01. The molecular formula is C10H12N2. The molecule has 2 rings (SSSR count). The van der Waals surface area contributed by atoms with Crippen LogP contribution < -0.4 is 5.73 Å². The number of aromatic amines is 1. The Morgan fingerprint density at radius 2 is 2.17 bits per heavy atom. The van der Waals surface area contributed by atoms with Crippen LogP contribution in [-0.2, 0) is 6.54 Å². The van der Waals surface area contributed by atoms with Gasteiger partial charge >= 0.3 is 0 Å². The Balaban J connectivity index is 2.82. The van der Waals surface area contributed by atoms with E-state index in [2.05, 4.69) is 30.1 Å². The summed E-state index contributed by atoms with van der Waals surface area (Å²) in [6, 6.07) is 6.26. The zero-order chi connectivity index (χ0) is 8.55. The summed E-state index contributed by atoms with van der Waals surface area (Å²) in [5.74, 6) is 0. The number of fused-ring (bicyclic) bond motifs is 1. The largest absolute Gasteiger partial charge is 0.361 e. The van der Waals surface area contributed by atoms with E-state index in [1.165, 1.54) is 22.0 Å². The molecule has 0 aliphatic rings. The first-order valence-corrected chi connectivity index (χ1v) is 4.08. The molecule has 0 amide bonds. The predicted octanol–water partition coefficient (Wildman–Crippen LogP) is 1.94. The van der Waals surface area contributed by atoms with E-state index in [-0.39, 0.29) is 0 Å². The Morgan fingerprint density at radius 3 is 2.92 bits per heavy atom. The van der Waals surface area contributed by atoms with Gasteiger partial charge in [0.2, 0.25) is 0 Å². The van der Waals surface area contributed by atoms with Crippen molar-refractivity contribution in [3.8, 4) is 0 Å². The fourth-order valence-electron chi connectivity index (χ4n) is 1.54. The number of benzene rings is 1. The van der Waals surface area contributed by atoms with Crippen LogP contribution in [0.4, 0.5) is 0 Å². The van der Waals surface area contributed by atoms with Gasteiger partial charge in [0.05, 0.1) is 0 Å². The summed E-state index contributed by atoms with van der Waals surface area (Å²) in [6.45, 7) is 2.70. The highest BCUT2D eigenvalue weighted by Crippen LogP contribution is 2.20. The van der Waals surface area contributed by atoms with Gasteiger partial charge in [0.15, 0.2) is 0 Å². The van der Waals surface area contributed by atoms with Crippen LogP contribution >= 0.6 is 0 Å². The maximum Gasteiger partial charge on any atom is 0.0486 e. The van der Waals surface area contributed by atoms with Gasteiger partial charge in [0, 0.05) is 23.6 Å². The van der Waals surface area contributed by atoms with Crippen molar-refractivity contribution in [3.63, 3.8) is 0 Å². The number of hydrogen-bond donors (Lipinski definition) is 2. The van der Waals surface area contributed by atoms with Crippen molar-refractivity contribution in [2.75, 3.05) is 0 Å². The van der Waals surface area contributed by atoms with Crippen molar-refractivity contribution >= 4 is 10.9 Å². The van der Waals surface area contributed by atoms with Crippen molar-refractivity contribution in [2.45, 2.75) is 13.5 Å². The highest BCUT2D eigenvalue weighted by Gasteiger charge is 2.01. The van der Waals surface area contributed by atoms with Gasteiger partial charge in [-0.3, -0.25) is 0 Å². The van der Waals surface area contributed by atoms with Crippen LogP contribution in [-0.4, -0.2) is 4.98 Å². The van der Waals surface area contributed by atoms with Crippen LogP contribution in [0.2, 0.25) is 0 Å². The minimum absolute atomic E-state index is 0.606. The summed E-state index contributed by atoms with van der Waals surface area (Å²) in [5, 5.41) is 1.25. The molecule has 62 valence electrons. The normalized spacial score (nSPS) is 10.8. The van der Waals surface area contributed by atoms with Gasteiger partial charge < -0.3 is 10.7 Å². The van der Waals surface area contributed by atoms with Crippen molar-refractivity contribution in [2.24, 2.45) is 5.73 Å². The molecule has 0 bridgehead atoms. The molecule has 0 radical (unpaired) electrons. The first-order chi connectivity index (χ1) is 5.83. The SMILES string of the molecule is Cc1ccc(CN)c2cc[nH]c12. The molecule has 1 heterocycles. The van der Waals surface area contributed by atoms with Crippen molar-refractivity contribution < 1.29 is 0 Å². The third-order valence-electron chi connectivity index (χ3n) is 2.24. The fourth-order valence-corrected chi connectivity index (χ4v) is 1.54. The van der Waals surface area contributed by atoms with Crippen molar-refractivity contribution in [1.29, 1.82) is 0 Å². The summed E-state index contributed by atoms with van der Waals surface area (Å²) in [7, 11) is 0. The minimum atomic E-state index is 0.606. The quantitative estimate of drug-likeness (QED) is 0.657. The van der Waals surface area contributed by atoms with Gasteiger partial charge in [-0.05, 0) is 24.1 Å². The van der Waals surface area contributed by atoms with E-state index >= 15 is 0 Å². The van der Waals surface area contributed by atoms with E-state index in [0.717, 1.165) is 0 Å². The first-order valence-electron chi connectivity index (χ1n) is 4.08. The van der Waals surface area contributed by atoms with Gasteiger partial charge in [-0.25, -0.2) is 0 Å². The minimum Gasteiger partial charge on any atom is -0.361 e. The second kappa shape index (κ2) is 2.64. The van der Waals surface area contributed by atoms with E-state index in [4.69, 9.17) is 5.73 Å². The number of aromatic nitrogens is 1. The lowest BCUT2D eigenvalue weighted by molar-refractivity contribution is 1.09. The Kier molecular flexibility index (Phi) is 1.62. The van der Waals surface area contributed by atoms with E-state index in [1.807, 2.05) is 6.20 Å². The van der Waals surface area contributed by atoms with Crippen LogP contribution in [0.15, 0.2) is 24.4 Å². The number of H-pyrrole nitrogens is 1. The molecule has 1 aromatic heterocycles. The average Bonchev–Trinajstić information content (AvgIpc) is 2.54. The van der Waals surface area contributed by atoms with Gasteiger partial charge in [-0.15, -0.1) is 0 Å². The highest BCUT2D eigenvalue weighted by atomic mass is 14.7. The summed E-state index contributed by atoms with van der Waals surface area (Å²) in [4.78, 5) is 3.21. The van der Waals surface area contributed by atoms with Crippen LogP contribution in [0.5, 0.6) is 0 Å². The van der Waals surface area contributed by atoms with E-state index < -0.39 is 0 Å². The maximum absolute atomic E-state index is 5.61. The molecular weight excluding hydrogens is 148 g/mol. The van der Waals surface area contributed by atoms with Crippen LogP contribution in [0, 0.1) is 6.92 Å². The summed E-state index contributed by atoms with van der Waals surface area (Å²) in [6.07, 6.45) is 1.96. The summed E-state index contributed by atoms with van der Waals surface area (Å²) in [5.41, 5.74) is 9.29. The average molecular weight is 160 g/mol. The number of nitrogens with one attached hydrogen (secondary N) is 1. The molecule has 0 aliphatic heterocycles. The van der Waals surface area contributed by atoms with Gasteiger partial charge in [0.1, 0.15) is 0 Å². The molecule has 0 fully saturated rings. The fraction of sp³-hybridized carbons (Fsp3) is 0.200. The molecule has 2 aromatic rings. The maximum atomic E-state index is 5.61. The van der Waals surface area contributed by atoms with E-state index in [1.54, 1.807) is 0 Å². The Bertz CT molecular complexity index is 401. The smallest absolute Gasteiger partial charge is 0.0486 e. The second-order valence-corrected chi connectivity index (χ2v) is 3.01. The molecule has 12 heavy (non-hydrogen) atoms. The van der Waals surface area contributed by atoms with Crippen LogP contribution in [0.1, 0.15) is 11.1 Å². The molecule has 0 atom stereocenters. The van der Waals surface area contributed by atoms with E-state index in [9.17, 15) is 0 Å². The van der Waals surface area contributed by atoms with Crippen molar-refractivity contribution in [1.82, 2.24) is 4.98 Å². The molecule has 0 saturated heterocycles.